The lowest BCUT2D eigenvalue weighted by molar-refractivity contribution is -0.126. The number of urea groups is 1. The predicted octanol–water partition coefficient (Wildman–Crippen LogP) is 2.46. The Morgan fingerprint density at radius 1 is 1.24 bits per heavy atom. The quantitative estimate of drug-likeness (QED) is 0.861. The lowest BCUT2D eigenvalue weighted by Gasteiger charge is -2.33. The van der Waals surface area contributed by atoms with Crippen LogP contribution in [-0.4, -0.2) is 43.1 Å². The minimum atomic E-state index is -0.163. The van der Waals surface area contributed by atoms with Gasteiger partial charge < -0.3 is 20.3 Å². The molecule has 0 aromatic heterocycles. The molecular formula is C19H27N3O3. The number of rotatable bonds is 5. The highest BCUT2D eigenvalue weighted by Gasteiger charge is 2.32. The van der Waals surface area contributed by atoms with E-state index in [0.29, 0.717) is 19.1 Å². The van der Waals surface area contributed by atoms with Gasteiger partial charge in [0.25, 0.3) is 0 Å². The van der Waals surface area contributed by atoms with Crippen LogP contribution in [0.25, 0.3) is 0 Å². The third-order valence-electron chi connectivity index (χ3n) is 4.95. The number of carbonyl (C=O) groups excluding carboxylic acids is 2. The van der Waals surface area contributed by atoms with Gasteiger partial charge in [-0.3, -0.25) is 4.79 Å². The van der Waals surface area contributed by atoms with Crippen LogP contribution in [0.2, 0.25) is 0 Å². The van der Waals surface area contributed by atoms with E-state index in [4.69, 9.17) is 4.74 Å². The van der Waals surface area contributed by atoms with Gasteiger partial charge in [0.15, 0.2) is 0 Å². The summed E-state index contributed by atoms with van der Waals surface area (Å²) in [5.41, 5.74) is 0.943. The summed E-state index contributed by atoms with van der Waals surface area (Å²) in [6.07, 6.45) is 3.88. The molecule has 2 aliphatic rings. The van der Waals surface area contributed by atoms with Crippen molar-refractivity contribution >= 4 is 11.9 Å². The van der Waals surface area contributed by atoms with Gasteiger partial charge in [-0.05, 0) is 38.7 Å². The molecule has 0 unspecified atom stereocenters. The highest BCUT2D eigenvalue weighted by molar-refractivity contribution is 5.81. The van der Waals surface area contributed by atoms with E-state index in [9.17, 15) is 9.59 Å². The summed E-state index contributed by atoms with van der Waals surface area (Å²) in [4.78, 5) is 26.6. The Balaban J connectivity index is 1.57. The largest absolute Gasteiger partial charge is 0.496 e. The molecule has 1 aliphatic carbocycles. The number of hydrogen-bond donors (Lipinski definition) is 2. The molecule has 1 saturated heterocycles. The van der Waals surface area contributed by atoms with Gasteiger partial charge in [-0.15, -0.1) is 0 Å². The van der Waals surface area contributed by atoms with E-state index in [1.54, 1.807) is 12.0 Å². The monoisotopic (exact) mass is 345 g/mol. The molecule has 0 spiro atoms. The molecular weight excluding hydrogens is 318 g/mol. The highest BCUT2D eigenvalue weighted by Crippen LogP contribution is 2.25. The number of nitrogens with one attached hydrogen (secondary N) is 2. The minimum absolute atomic E-state index is 0.0952. The first kappa shape index (κ1) is 17.6. The fraction of sp³-hybridized carbons (Fsp3) is 0.579. The first-order valence-corrected chi connectivity index (χ1v) is 9.07. The molecule has 6 nitrogen and oxygen atoms in total. The summed E-state index contributed by atoms with van der Waals surface area (Å²) >= 11 is 0. The van der Waals surface area contributed by atoms with E-state index in [-0.39, 0.29) is 23.9 Å². The Morgan fingerprint density at radius 2 is 2.00 bits per heavy atom. The van der Waals surface area contributed by atoms with Crippen LogP contribution in [0.1, 0.15) is 44.2 Å². The topological polar surface area (TPSA) is 70.7 Å². The molecule has 3 rings (SSSR count). The smallest absolute Gasteiger partial charge is 0.317 e. The predicted molar refractivity (Wildman–Crippen MR) is 95.4 cm³/mol. The molecule has 0 radical (unpaired) electrons. The van der Waals surface area contributed by atoms with Crippen molar-refractivity contribution in [3.05, 3.63) is 29.8 Å². The van der Waals surface area contributed by atoms with Crippen LogP contribution < -0.4 is 15.4 Å². The van der Waals surface area contributed by atoms with Gasteiger partial charge in [-0.25, -0.2) is 4.79 Å². The second-order valence-electron chi connectivity index (χ2n) is 6.98. The van der Waals surface area contributed by atoms with Crippen LogP contribution in [0.5, 0.6) is 5.75 Å². The van der Waals surface area contributed by atoms with Crippen molar-refractivity contribution in [3.8, 4) is 5.75 Å². The van der Waals surface area contributed by atoms with Gasteiger partial charge in [-0.2, -0.15) is 0 Å². The van der Waals surface area contributed by atoms with Crippen LogP contribution in [-0.2, 0) is 4.79 Å². The Labute approximate surface area is 148 Å². The maximum Gasteiger partial charge on any atom is 0.317 e. The van der Waals surface area contributed by atoms with Crippen molar-refractivity contribution < 1.29 is 14.3 Å². The Hall–Kier alpha value is -2.24. The molecule has 2 N–H and O–H groups in total. The number of nitrogens with zero attached hydrogens (tertiary/aromatic N) is 1. The third-order valence-corrected chi connectivity index (χ3v) is 4.95. The van der Waals surface area contributed by atoms with Gasteiger partial charge in [0.1, 0.15) is 5.75 Å². The van der Waals surface area contributed by atoms with Crippen LogP contribution in [0.4, 0.5) is 4.79 Å². The SMILES string of the molecule is COc1ccccc1[C@H](C)NC(=O)N1CCC[C@H](C(=O)NC2CC2)C1. The lowest BCUT2D eigenvalue weighted by atomic mass is 9.97. The van der Waals surface area contributed by atoms with Crippen molar-refractivity contribution in [1.82, 2.24) is 15.5 Å². The molecule has 1 aliphatic heterocycles. The van der Waals surface area contributed by atoms with Gasteiger partial charge >= 0.3 is 6.03 Å². The number of hydrogen-bond acceptors (Lipinski definition) is 3. The van der Waals surface area contributed by atoms with Crippen molar-refractivity contribution in [1.29, 1.82) is 0 Å². The van der Waals surface area contributed by atoms with Gasteiger partial charge in [0, 0.05) is 24.7 Å². The van der Waals surface area contributed by atoms with E-state index in [0.717, 1.165) is 37.0 Å². The summed E-state index contributed by atoms with van der Waals surface area (Å²) in [6, 6.07) is 7.75. The molecule has 1 aromatic rings. The standard InChI is InChI=1S/C19H27N3O3/c1-13(16-7-3-4-8-17(16)25-2)20-19(24)22-11-5-6-14(12-22)18(23)21-15-9-10-15/h3-4,7-8,13-15H,5-6,9-12H2,1-2H3,(H,20,24)(H,21,23)/t13-,14-/m0/s1. The molecule has 3 amide bonds. The average Bonchev–Trinajstić information content (AvgIpc) is 3.45. The molecule has 6 heteroatoms. The Bertz CT molecular complexity index is 630. The molecule has 25 heavy (non-hydrogen) atoms. The summed E-state index contributed by atoms with van der Waals surface area (Å²) in [6.45, 7) is 3.12. The summed E-state index contributed by atoms with van der Waals surface area (Å²) in [5, 5.41) is 6.08. The van der Waals surface area contributed by atoms with Crippen LogP contribution >= 0.6 is 0 Å². The third kappa shape index (κ3) is 4.44. The first-order chi connectivity index (χ1) is 12.1. The fourth-order valence-corrected chi connectivity index (χ4v) is 3.30. The molecule has 136 valence electrons. The normalized spacial score (nSPS) is 21.4. The number of piperidine rings is 1. The van der Waals surface area contributed by atoms with E-state index in [1.807, 2.05) is 31.2 Å². The molecule has 0 bridgehead atoms. The molecule has 1 saturated carbocycles. The zero-order valence-corrected chi connectivity index (χ0v) is 15.0. The lowest BCUT2D eigenvalue weighted by Crippen LogP contribution is -2.49. The second kappa shape index (κ2) is 7.76. The molecule has 2 atom stereocenters. The van der Waals surface area contributed by atoms with Crippen LogP contribution in [0, 0.1) is 5.92 Å². The highest BCUT2D eigenvalue weighted by atomic mass is 16.5. The van der Waals surface area contributed by atoms with Crippen molar-refractivity contribution in [2.45, 2.75) is 44.7 Å². The van der Waals surface area contributed by atoms with Crippen LogP contribution in [0.15, 0.2) is 24.3 Å². The summed E-state index contributed by atoms with van der Waals surface area (Å²) < 4.78 is 5.37. The average molecular weight is 345 g/mol. The maximum absolute atomic E-state index is 12.6. The number of amides is 3. The second-order valence-corrected chi connectivity index (χ2v) is 6.98. The van der Waals surface area contributed by atoms with E-state index >= 15 is 0 Å². The number of para-hydroxylation sites is 1. The number of methoxy groups -OCH3 is 1. The van der Waals surface area contributed by atoms with Crippen molar-refractivity contribution in [2.75, 3.05) is 20.2 Å². The van der Waals surface area contributed by atoms with Crippen LogP contribution in [0.3, 0.4) is 0 Å². The number of likely N-dealkylation sites (tertiary alicyclic amines) is 1. The van der Waals surface area contributed by atoms with Gasteiger partial charge in [0.05, 0.1) is 19.1 Å². The van der Waals surface area contributed by atoms with Gasteiger partial charge in [0.2, 0.25) is 5.91 Å². The molecule has 1 aromatic carbocycles. The zero-order valence-electron chi connectivity index (χ0n) is 15.0. The maximum atomic E-state index is 12.6. The van der Waals surface area contributed by atoms with Gasteiger partial charge in [-0.1, -0.05) is 18.2 Å². The number of benzene rings is 1. The van der Waals surface area contributed by atoms with Crippen molar-refractivity contribution in [2.24, 2.45) is 5.92 Å². The summed E-state index contributed by atoms with van der Waals surface area (Å²) in [5.74, 6) is 0.759. The number of carbonyl (C=O) groups is 2. The zero-order chi connectivity index (χ0) is 17.8. The van der Waals surface area contributed by atoms with E-state index in [2.05, 4.69) is 10.6 Å². The van der Waals surface area contributed by atoms with Crippen molar-refractivity contribution in [3.63, 3.8) is 0 Å². The Kier molecular flexibility index (Phi) is 5.46. The first-order valence-electron chi connectivity index (χ1n) is 9.07. The van der Waals surface area contributed by atoms with E-state index < -0.39 is 0 Å². The fourth-order valence-electron chi connectivity index (χ4n) is 3.30. The number of ether oxygens (including phenoxy) is 1. The Morgan fingerprint density at radius 3 is 2.72 bits per heavy atom. The molecule has 1 heterocycles. The molecule has 2 fully saturated rings. The minimum Gasteiger partial charge on any atom is -0.496 e. The van der Waals surface area contributed by atoms with E-state index in [1.165, 1.54) is 0 Å². The summed E-state index contributed by atoms with van der Waals surface area (Å²) in [7, 11) is 1.63.